The molecule has 11 nitrogen and oxygen atoms in total. The summed E-state index contributed by atoms with van der Waals surface area (Å²) in [6.45, 7) is 0.437. The first-order chi connectivity index (χ1) is 16.2. The number of aliphatic imine (C=N–C) groups is 1. The van der Waals surface area contributed by atoms with E-state index in [1.807, 2.05) is 0 Å². The number of nitrogens with two attached hydrogens (primary N) is 3. The molecule has 0 aliphatic rings. The van der Waals surface area contributed by atoms with Gasteiger partial charge in [0.15, 0.2) is 5.96 Å². The van der Waals surface area contributed by atoms with Crippen LogP contribution in [-0.2, 0) is 13.1 Å². The summed E-state index contributed by atoms with van der Waals surface area (Å²) in [6, 6.07) is 11.2. The molecule has 3 aromatic rings. The number of nitrogens with one attached hydrogen (secondary N) is 1. The lowest BCUT2D eigenvalue weighted by Crippen LogP contribution is -2.43. The van der Waals surface area contributed by atoms with Crippen molar-refractivity contribution in [3.05, 3.63) is 90.2 Å². The number of rotatable bonds is 9. The Labute approximate surface area is 203 Å². The average molecular weight is 505 g/mol. The van der Waals surface area contributed by atoms with Gasteiger partial charge in [-0.1, -0.05) is 41.4 Å². The average Bonchev–Trinajstić information content (AvgIpc) is 2.79. The van der Waals surface area contributed by atoms with Gasteiger partial charge in [0.1, 0.15) is 0 Å². The fraction of sp³-hybridized carbons (Fsp3) is 0.190. The number of halogens is 2. The van der Waals surface area contributed by atoms with Gasteiger partial charge in [0.2, 0.25) is 11.9 Å². The lowest BCUT2D eigenvalue weighted by molar-refractivity contribution is 0.100. The summed E-state index contributed by atoms with van der Waals surface area (Å²) in [5.41, 5.74) is 16.2. The van der Waals surface area contributed by atoms with Crippen LogP contribution in [0.2, 0.25) is 10.0 Å². The number of carbonyl (C=O) groups is 1. The van der Waals surface area contributed by atoms with Crippen molar-refractivity contribution < 1.29 is 4.79 Å². The van der Waals surface area contributed by atoms with E-state index >= 15 is 0 Å². The summed E-state index contributed by atoms with van der Waals surface area (Å²) in [5.74, 6) is -0.605. The van der Waals surface area contributed by atoms with Crippen molar-refractivity contribution in [2.75, 3.05) is 18.4 Å². The molecule has 1 aromatic heterocycles. The third-order valence-corrected chi connectivity index (χ3v) is 5.48. The highest BCUT2D eigenvalue weighted by atomic mass is 35.5. The summed E-state index contributed by atoms with van der Waals surface area (Å²) in [7, 11) is 0. The maximum atomic E-state index is 13.3. The standard InChI is InChI=1S/C21H22Cl2N8O3/c22-15-6-3-13(9-16(15)23)11-31-20(33)29-19(28-8-7-27-18(25)26)30(21(31)34)10-12-1-4-14(5-2-12)17(24)32/h1-6,9H,7-8,10-11H2,(H2,24,32)(H4,25,26,27)(H,28,29,33). The molecule has 34 heavy (non-hydrogen) atoms. The molecule has 0 unspecified atom stereocenters. The summed E-state index contributed by atoms with van der Waals surface area (Å²) in [5, 5.41) is 3.57. The molecule has 0 saturated heterocycles. The number of hydrogen-bond donors (Lipinski definition) is 4. The van der Waals surface area contributed by atoms with E-state index in [0.29, 0.717) is 26.7 Å². The zero-order valence-electron chi connectivity index (χ0n) is 17.9. The van der Waals surface area contributed by atoms with Gasteiger partial charge in [-0.2, -0.15) is 4.98 Å². The van der Waals surface area contributed by atoms with Crippen molar-refractivity contribution in [3.8, 4) is 0 Å². The largest absolute Gasteiger partial charge is 0.370 e. The molecule has 0 radical (unpaired) electrons. The second kappa shape index (κ2) is 10.9. The summed E-state index contributed by atoms with van der Waals surface area (Å²) >= 11 is 12.0. The molecule has 7 N–H and O–H groups in total. The normalized spacial score (nSPS) is 10.6. The third-order valence-electron chi connectivity index (χ3n) is 4.74. The third kappa shape index (κ3) is 6.15. The van der Waals surface area contributed by atoms with Crippen LogP contribution in [0.15, 0.2) is 57.0 Å². The predicted octanol–water partition coefficient (Wildman–Crippen LogP) is 0.593. The molecule has 1 amide bonds. The summed E-state index contributed by atoms with van der Waals surface area (Å²) in [6.07, 6.45) is 0. The topological polar surface area (TPSA) is 176 Å². The van der Waals surface area contributed by atoms with Gasteiger partial charge in [-0.25, -0.2) is 14.2 Å². The van der Waals surface area contributed by atoms with Crippen molar-refractivity contribution in [3.63, 3.8) is 0 Å². The van der Waals surface area contributed by atoms with Crippen LogP contribution in [-0.4, -0.2) is 39.1 Å². The Morgan fingerprint density at radius 1 is 0.941 bits per heavy atom. The van der Waals surface area contributed by atoms with Gasteiger partial charge in [-0.15, -0.1) is 0 Å². The van der Waals surface area contributed by atoms with E-state index in [1.165, 1.54) is 4.57 Å². The molecular weight excluding hydrogens is 483 g/mol. The van der Waals surface area contributed by atoms with Crippen LogP contribution < -0.4 is 33.9 Å². The highest BCUT2D eigenvalue weighted by molar-refractivity contribution is 6.42. The Morgan fingerprint density at radius 2 is 1.59 bits per heavy atom. The first kappa shape index (κ1) is 24.8. The number of benzene rings is 2. The van der Waals surface area contributed by atoms with E-state index < -0.39 is 17.3 Å². The number of nitrogens with zero attached hydrogens (tertiary/aromatic N) is 4. The SMILES string of the molecule is NC(=O)c1ccc(Cn2c(NCCN=C(N)N)nc(=O)n(Cc3ccc(Cl)c(Cl)c3)c2=O)cc1. The number of aromatic nitrogens is 3. The van der Waals surface area contributed by atoms with Crippen molar-refractivity contribution >= 4 is 41.0 Å². The van der Waals surface area contributed by atoms with Gasteiger partial charge >= 0.3 is 11.4 Å². The lowest BCUT2D eigenvalue weighted by atomic mass is 10.1. The predicted molar refractivity (Wildman–Crippen MR) is 132 cm³/mol. The second-order valence-corrected chi connectivity index (χ2v) is 8.03. The van der Waals surface area contributed by atoms with Gasteiger partial charge in [0.25, 0.3) is 0 Å². The Bertz CT molecular complexity index is 1350. The summed E-state index contributed by atoms with van der Waals surface area (Å²) in [4.78, 5) is 45.3. The Kier molecular flexibility index (Phi) is 7.92. The molecule has 1 heterocycles. The van der Waals surface area contributed by atoms with Crippen molar-refractivity contribution in [1.82, 2.24) is 14.1 Å². The molecule has 178 valence electrons. The zero-order chi connectivity index (χ0) is 24.8. The van der Waals surface area contributed by atoms with Crippen molar-refractivity contribution in [2.45, 2.75) is 13.1 Å². The minimum Gasteiger partial charge on any atom is -0.370 e. The maximum absolute atomic E-state index is 13.3. The van der Waals surface area contributed by atoms with Gasteiger partial charge in [-0.3, -0.25) is 14.4 Å². The number of carbonyl (C=O) groups excluding carboxylic acids is 1. The molecule has 0 spiro atoms. The number of amides is 1. The van der Waals surface area contributed by atoms with Crippen molar-refractivity contribution in [1.29, 1.82) is 0 Å². The van der Waals surface area contributed by atoms with Crippen LogP contribution in [0.25, 0.3) is 0 Å². The van der Waals surface area contributed by atoms with Gasteiger partial charge in [0, 0.05) is 12.1 Å². The molecule has 0 aliphatic carbocycles. The Hall–Kier alpha value is -3.83. The van der Waals surface area contributed by atoms with E-state index in [0.717, 1.165) is 4.57 Å². The number of guanidine groups is 1. The molecular formula is C21H22Cl2N8O3. The second-order valence-electron chi connectivity index (χ2n) is 7.22. The zero-order valence-corrected chi connectivity index (χ0v) is 19.4. The highest BCUT2D eigenvalue weighted by Gasteiger charge is 2.15. The Balaban J connectivity index is 2.00. The van der Waals surface area contributed by atoms with E-state index in [1.54, 1.807) is 42.5 Å². The van der Waals surface area contributed by atoms with Gasteiger partial charge in [-0.05, 0) is 35.4 Å². The minimum absolute atomic E-state index is 0.0464. The van der Waals surface area contributed by atoms with Crippen LogP contribution in [0, 0.1) is 0 Å². The highest BCUT2D eigenvalue weighted by Crippen LogP contribution is 2.22. The smallest absolute Gasteiger partial charge is 0.355 e. The fourth-order valence-electron chi connectivity index (χ4n) is 3.07. The van der Waals surface area contributed by atoms with Crippen LogP contribution in [0.5, 0.6) is 0 Å². The Morgan fingerprint density at radius 3 is 2.21 bits per heavy atom. The van der Waals surface area contributed by atoms with Crippen molar-refractivity contribution in [2.24, 2.45) is 22.2 Å². The van der Waals surface area contributed by atoms with Gasteiger partial charge < -0.3 is 22.5 Å². The molecule has 0 atom stereocenters. The summed E-state index contributed by atoms with van der Waals surface area (Å²) < 4.78 is 2.28. The van der Waals surface area contributed by atoms with E-state index in [-0.39, 0.29) is 38.1 Å². The van der Waals surface area contributed by atoms with Crippen LogP contribution >= 0.6 is 23.2 Å². The van der Waals surface area contributed by atoms with Crippen LogP contribution in [0.1, 0.15) is 21.5 Å². The monoisotopic (exact) mass is 504 g/mol. The van der Waals surface area contributed by atoms with E-state index in [4.69, 9.17) is 40.4 Å². The number of primary amides is 1. The number of hydrogen-bond acceptors (Lipinski definition) is 6. The van der Waals surface area contributed by atoms with Crippen LogP contribution in [0.4, 0.5) is 5.95 Å². The van der Waals surface area contributed by atoms with E-state index in [2.05, 4.69) is 15.3 Å². The molecule has 0 aliphatic heterocycles. The minimum atomic E-state index is -0.749. The first-order valence-electron chi connectivity index (χ1n) is 9.99. The first-order valence-corrected chi connectivity index (χ1v) is 10.7. The van der Waals surface area contributed by atoms with Gasteiger partial charge in [0.05, 0.1) is 29.7 Å². The molecule has 3 rings (SSSR count). The molecule has 2 aromatic carbocycles. The molecule has 0 fully saturated rings. The maximum Gasteiger partial charge on any atom is 0.355 e. The number of anilines is 1. The quantitative estimate of drug-likeness (QED) is 0.187. The molecule has 0 bridgehead atoms. The fourth-order valence-corrected chi connectivity index (χ4v) is 3.39. The molecule has 13 heteroatoms. The molecule has 0 saturated carbocycles. The lowest BCUT2D eigenvalue weighted by Gasteiger charge is -2.15. The van der Waals surface area contributed by atoms with E-state index in [9.17, 15) is 14.4 Å². The van der Waals surface area contributed by atoms with Crippen LogP contribution in [0.3, 0.4) is 0 Å².